The Morgan fingerprint density at radius 1 is 1.21 bits per heavy atom. The molecule has 19 heavy (non-hydrogen) atoms. The largest absolute Gasteiger partial charge is 0.325 e. The lowest BCUT2D eigenvalue weighted by atomic mass is 10.1. The van der Waals surface area contributed by atoms with E-state index in [1.54, 1.807) is 4.90 Å². The highest BCUT2D eigenvalue weighted by atomic mass is 32.2. The molecule has 2 unspecified atom stereocenters. The maximum absolute atomic E-state index is 12.3. The third-order valence-corrected chi connectivity index (χ3v) is 4.39. The van der Waals surface area contributed by atoms with E-state index in [9.17, 15) is 13.2 Å². The minimum atomic E-state index is -3.03. The van der Waals surface area contributed by atoms with Crippen LogP contribution in [0.1, 0.15) is 46.0 Å². The van der Waals surface area contributed by atoms with Crippen LogP contribution in [0.15, 0.2) is 0 Å². The molecule has 6 heteroatoms. The van der Waals surface area contributed by atoms with Gasteiger partial charge in [-0.3, -0.25) is 10.1 Å². The Balaban J connectivity index is 2.65. The first-order valence-electron chi connectivity index (χ1n) is 7.13. The molecule has 0 aromatic rings. The van der Waals surface area contributed by atoms with Gasteiger partial charge in [-0.1, -0.05) is 33.1 Å². The van der Waals surface area contributed by atoms with Crippen molar-refractivity contribution in [2.45, 2.75) is 58.2 Å². The third-order valence-electron chi connectivity index (χ3n) is 3.46. The van der Waals surface area contributed by atoms with Crippen molar-refractivity contribution in [1.82, 2.24) is 10.2 Å². The zero-order chi connectivity index (χ0) is 14.5. The fourth-order valence-corrected chi connectivity index (χ4v) is 2.93. The fourth-order valence-electron chi connectivity index (χ4n) is 2.41. The van der Waals surface area contributed by atoms with Crippen LogP contribution < -0.4 is 5.32 Å². The van der Waals surface area contributed by atoms with Gasteiger partial charge in [-0.25, -0.2) is 8.42 Å². The zero-order valence-electron chi connectivity index (χ0n) is 12.2. The van der Waals surface area contributed by atoms with Gasteiger partial charge in [-0.2, -0.15) is 0 Å². The molecular weight excluding hydrogens is 264 g/mol. The summed E-state index contributed by atoms with van der Waals surface area (Å²) in [5.41, 5.74) is 0. The van der Waals surface area contributed by atoms with E-state index >= 15 is 0 Å². The normalized spacial score (nSPS) is 24.2. The Bertz CT molecular complexity index is 395. The first-order chi connectivity index (χ1) is 8.89. The Kier molecular flexibility index (Phi) is 6.26. The van der Waals surface area contributed by atoms with E-state index in [1.165, 1.54) is 6.26 Å². The molecule has 1 fully saturated rings. The predicted octanol–water partition coefficient (Wildman–Crippen LogP) is 1.15. The van der Waals surface area contributed by atoms with Gasteiger partial charge in [0.25, 0.3) is 0 Å². The first kappa shape index (κ1) is 16.4. The Morgan fingerprint density at radius 2 is 1.89 bits per heavy atom. The van der Waals surface area contributed by atoms with E-state index in [1.807, 2.05) is 0 Å². The SMILES string of the molecule is CCCCC1NC(CCC)N(CCS(C)(=O)=O)C1=O. The lowest BCUT2D eigenvalue weighted by Gasteiger charge is -2.23. The monoisotopic (exact) mass is 290 g/mol. The summed E-state index contributed by atoms with van der Waals surface area (Å²) in [4.78, 5) is 14.0. The molecule has 0 saturated carbocycles. The van der Waals surface area contributed by atoms with Crippen LogP contribution in [-0.4, -0.2) is 50.0 Å². The van der Waals surface area contributed by atoms with Crippen molar-refractivity contribution in [3.05, 3.63) is 0 Å². The van der Waals surface area contributed by atoms with Crippen molar-refractivity contribution < 1.29 is 13.2 Å². The molecule has 112 valence electrons. The van der Waals surface area contributed by atoms with Gasteiger partial charge in [0.1, 0.15) is 9.84 Å². The molecule has 0 spiro atoms. The molecule has 1 rings (SSSR count). The number of hydrogen-bond acceptors (Lipinski definition) is 4. The molecule has 5 nitrogen and oxygen atoms in total. The summed E-state index contributed by atoms with van der Waals surface area (Å²) in [5.74, 6) is 0.108. The van der Waals surface area contributed by atoms with Crippen LogP contribution in [0, 0.1) is 0 Å². The fraction of sp³-hybridized carbons (Fsp3) is 0.923. The Morgan fingerprint density at radius 3 is 2.42 bits per heavy atom. The molecule has 1 aliphatic rings. The van der Waals surface area contributed by atoms with Crippen LogP contribution in [0.3, 0.4) is 0 Å². The number of rotatable bonds is 8. The van der Waals surface area contributed by atoms with E-state index in [4.69, 9.17) is 0 Å². The lowest BCUT2D eigenvalue weighted by Crippen LogP contribution is -2.40. The van der Waals surface area contributed by atoms with Gasteiger partial charge in [0, 0.05) is 12.8 Å². The number of sulfone groups is 1. The van der Waals surface area contributed by atoms with Gasteiger partial charge in [0.2, 0.25) is 5.91 Å². The summed E-state index contributed by atoms with van der Waals surface area (Å²) in [7, 11) is -3.03. The second-order valence-corrected chi connectivity index (χ2v) is 7.59. The molecule has 2 atom stereocenters. The maximum Gasteiger partial charge on any atom is 0.241 e. The molecule has 1 N–H and O–H groups in total. The van der Waals surface area contributed by atoms with E-state index in [2.05, 4.69) is 19.2 Å². The van der Waals surface area contributed by atoms with Crippen molar-refractivity contribution >= 4 is 15.7 Å². The van der Waals surface area contributed by atoms with Crippen LogP contribution in [-0.2, 0) is 14.6 Å². The molecule has 0 aromatic carbocycles. The van der Waals surface area contributed by atoms with Crippen LogP contribution in [0.5, 0.6) is 0 Å². The average Bonchev–Trinajstić information content (AvgIpc) is 2.60. The van der Waals surface area contributed by atoms with Gasteiger partial charge < -0.3 is 4.90 Å². The van der Waals surface area contributed by atoms with Crippen LogP contribution in [0.2, 0.25) is 0 Å². The number of carbonyl (C=O) groups excluding carboxylic acids is 1. The molecule has 1 heterocycles. The quantitative estimate of drug-likeness (QED) is 0.728. The van der Waals surface area contributed by atoms with E-state index < -0.39 is 9.84 Å². The standard InChI is InChI=1S/C13H26N2O3S/c1-4-6-8-11-13(16)15(9-10-19(3,17)18)12(14-11)7-5-2/h11-12,14H,4-10H2,1-3H3. The maximum atomic E-state index is 12.3. The predicted molar refractivity (Wildman–Crippen MR) is 76.6 cm³/mol. The summed E-state index contributed by atoms with van der Waals surface area (Å²) in [6, 6.07) is -0.129. The number of amides is 1. The van der Waals surface area contributed by atoms with E-state index in [0.717, 1.165) is 32.1 Å². The van der Waals surface area contributed by atoms with E-state index in [-0.39, 0.29) is 23.9 Å². The van der Waals surface area contributed by atoms with Crippen LogP contribution in [0.4, 0.5) is 0 Å². The third kappa shape index (κ3) is 5.10. The van der Waals surface area contributed by atoms with Gasteiger partial charge in [-0.15, -0.1) is 0 Å². The number of carbonyl (C=O) groups is 1. The average molecular weight is 290 g/mol. The summed E-state index contributed by atoms with van der Waals surface area (Å²) in [5, 5.41) is 3.34. The molecule has 1 amide bonds. The number of hydrogen-bond donors (Lipinski definition) is 1. The van der Waals surface area contributed by atoms with Gasteiger partial charge in [0.05, 0.1) is 18.0 Å². The van der Waals surface area contributed by atoms with Gasteiger partial charge in [-0.05, 0) is 12.8 Å². The number of unbranched alkanes of at least 4 members (excludes halogenated alkanes) is 1. The first-order valence-corrected chi connectivity index (χ1v) is 9.19. The lowest BCUT2D eigenvalue weighted by molar-refractivity contribution is -0.130. The molecule has 0 radical (unpaired) electrons. The summed E-state index contributed by atoms with van der Waals surface area (Å²) < 4.78 is 22.5. The molecule has 1 saturated heterocycles. The summed E-state index contributed by atoms with van der Waals surface area (Å²) in [6.45, 7) is 4.47. The minimum absolute atomic E-state index is 0.00102. The van der Waals surface area contributed by atoms with Gasteiger partial charge in [0.15, 0.2) is 0 Å². The molecule has 0 aliphatic carbocycles. The Labute approximate surface area is 116 Å². The number of nitrogens with one attached hydrogen (secondary N) is 1. The second-order valence-electron chi connectivity index (χ2n) is 5.33. The zero-order valence-corrected chi connectivity index (χ0v) is 13.0. The highest BCUT2D eigenvalue weighted by Gasteiger charge is 2.37. The highest BCUT2D eigenvalue weighted by Crippen LogP contribution is 2.18. The smallest absolute Gasteiger partial charge is 0.241 e. The minimum Gasteiger partial charge on any atom is -0.325 e. The number of nitrogens with zero attached hydrogens (tertiary/aromatic N) is 1. The second kappa shape index (κ2) is 7.24. The van der Waals surface area contributed by atoms with Crippen molar-refractivity contribution in [2.75, 3.05) is 18.6 Å². The molecular formula is C13H26N2O3S. The van der Waals surface area contributed by atoms with Crippen molar-refractivity contribution in [3.8, 4) is 0 Å². The molecule has 1 aliphatic heterocycles. The van der Waals surface area contributed by atoms with Gasteiger partial charge >= 0.3 is 0 Å². The highest BCUT2D eigenvalue weighted by molar-refractivity contribution is 7.90. The molecule has 0 aromatic heterocycles. The topological polar surface area (TPSA) is 66.5 Å². The summed E-state index contributed by atoms with van der Waals surface area (Å²) >= 11 is 0. The Hall–Kier alpha value is -0.620. The van der Waals surface area contributed by atoms with Crippen molar-refractivity contribution in [2.24, 2.45) is 0 Å². The van der Waals surface area contributed by atoms with Crippen LogP contribution >= 0.6 is 0 Å². The van der Waals surface area contributed by atoms with Crippen molar-refractivity contribution in [3.63, 3.8) is 0 Å². The van der Waals surface area contributed by atoms with E-state index in [0.29, 0.717) is 6.54 Å². The molecule has 0 bridgehead atoms. The summed E-state index contributed by atoms with van der Waals surface area (Å²) in [6.07, 6.45) is 5.98. The van der Waals surface area contributed by atoms with Crippen molar-refractivity contribution in [1.29, 1.82) is 0 Å². The van der Waals surface area contributed by atoms with Crippen LogP contribution in [0.25, 0.3) is 0 Å².